The van der Waals surface area contributed by atoms with E-state index in [2.05, 4.69) is 83.4 Å². The van der Waals surface area contributed by atoms with Crippen LogP contribution in [0.4, 0.5) is 5.69 Å². The van der Waals surface area contributed by atoms with E-state index in [1.807, 2.05) is 23.7 Å². The average Bonchev–Trinajstić information content (AvgIpc) is 3.37. The van der Waals surface area contributed by atoms with Crippen molar-refractivity contribution in [2.45, 2.75) is 52.6 Å². The van der Waals surface area contributed by atoms with Gasteiger partial charge >= 0.3 is 0 Å². The Kier molecular flexibility index (Phi) is 4.65. The van der Waals surface area contributed by atoms with Gasteiger partial charge in [-0.25, -0.2) is 4.68 Å². The number of hydrogen-bond donors (Lipinski definition) is 1. The highest BCUT2D eigenvalue weighted by molar-refractivity contribution is 5.83. The van der Waals surface area contributed by atoms with Crippen molar-refractivity contribution in [1.82, 2.24) is 25.2 Å². The number of aromatic amines is 1. The number of para-hydroxylation sites is 1. The second-order valence-electron chi connectivity index (χ2n) is 9.69. The monoisotopic (exact) mass is 428 g/mol. The molecule has 0 amide bonds. The summed E-state index contributed by atoms with van der Waals surface area (Å²) in [7, 11) is 0. The Labute approximate surface area is 187 Å². The zero-order chi connectivity index (χ0) is 22.6. The third kappa shape index (κ3) is 3.28. The summed E-state index contributed by atoms with van der Waals surface area (Å²) in [6.07, 6.45) is 0.924. The number of aryl methyl sites for hydroxylation is 2. The van der Waals surface area contributed by atoms with Gasteiger partial charge in [-0.15, -0.1) is 5.10 Å². The van der Waals surface area contributed by atoms with Crippen LogP contribution < -0.4 is 10.5 Å². The van der Waals surface area contributed by atoms with E-state index in [0.717, 1.165) is 40.7 Å². The first-order valence-corrected chi connectivity index (χ1v) is 11.0. The van der Waals surface area contributed by atoms with Crippen LogP contribution in [-0.4, -0.2) is 31.7 Å². The van der Waals surface area contributed by atoms with Crippen LogP contribution in [0, 0.1) is 13.8 Å². The molecule has 0 spiro atoms. The zero-order valence-electron chi connectivity index (χ0n) is 19.2. The molecule has 3 heterocycles. The molecule has 0 fully saturated rings. The minimum absolute atomic E-state index is 0.109. The van der Waals surface area contributed by atoms with Gasteiger partial charge in [0, 0.05) is 17.8 Å². The molecular formula is C25H28N6O. The molecule has 1 aliphatic heterocycles. The molecule has 1 atom stereocenters. The van der Waals surface area contributed by atoms with Gasteiger partial charge in [0.1, 0.15) is 6.04 Å². The summed E-state index contributed by atoms with van der Waals surface area (Å²) < 4.78 is 1.84. The van der Waals surface area contributed by atoms with Gasteiger partial charge in [-0.1, -0.05) is 29.8 Å². The van der Waals surface area contributed by atoms with Crippen molar-refractivity contribution in [3.8, 4) is 0 Å². The van der Waals surface area contributed by atoms with E-state index >= 15 is 0 Å². The van der Waals surface area contributed by atoms with E-state index in [9.17, 15) is 4.79 Å². The van der Waals surface area contributed by atoms with E-state index in [0.29, 0.717) is 11.4 Å². The molecule has 164 valence electrons. The number of benzene rings is 2. The number of hydrogen-bond acceptors (Lipinski definition) is 5. The van der Waals surface area contributed by atoms with Crippen LogP contribution in [0.15, 0.2) is 47.3 Å². The van der Waals surface area contributed by atoms with Gasteiger partial charge in [0.05, 0.1) is 11.1 Å². The lowest BCUT2D eigenvalue weighted by atomic mass is 9.99. The number of fused-ring (bicyclic) bond motifs is 2. The highest BCUT2D eigenvalue weighted by Gasteiger charge is 2.36. The Hall–Kier alpha value is -3.48. The third-order valence-corrected chi connectivity index (χ3v) is 6.23. The van der Waals surface area contributed by atoms with Crippen molar-refractivity contribution in [2.24, 2.45) is 0 Å². The first-order chi connectivity index (χ1) is 15.2. The lowest BCUT2D eigenvalue weighted by Gasteiger charge is -2.31. The zero-order valence-corrected chi connectivity index (χ0v) is 19.2. The number of nitrogens with one attached hydrogen (secondary N) is 1. The summed E-state index contributed by atoms with van der Waals surface area (Å²) in [4.78, 5) is 18.9. The van der Waals surface area contributed by atoms with Crippen molar-refractivity contribution in [1.29, 1.82) is 0 Å². The number of aromatic nitrogens is 5. The van der Waals surface area contributed by atoms with Crippen molar-refractivity contribution < 1.29 is 0 Å². The molecule has 5 rings (SSSR count). The molecule has 1 N–H and O–H groups in total. The van der Waals surface area contributed by atoms with Gasteiger partial charge in [0.25, 0.3) is 5.56 Å². The Bertz CT molecular complexity index is 1380. The van der Waals surface area contributed by atoms with Crippen LogP contribution >= 0.6 is 0 Å². The molecule has 0 saturated carbocycles. The van der Waals surface area contributed by atoms with Crippen LogP contribution in [0.3, 0.4) is 0 Å². The molecule has 7 heteroatoms. The highest BCUT2D eigenvalue weighted by atomic mass is 16.1. The molecule has 2 aromatic carbocycles. The van der Waals surface area contributed by atoms with Crippen LogP contribution in [0.1, 0.15) is 54.9 Å². The lowest BCUT2D eigenvalue weighted by molar-refractivity contribution is 0.329. The summed E-state index contributed by atoms with van der Waals surface area (Å²) in [6, 6.07) is 14.2. The van der Waals surface area contributed by atoms with Crippen molar-refractivity contribution in [3.05, 3.63) is 80.9 Å². The minimum atomic E-state index is -0.401. The maximum absolute atomic E-state index is 13.5. The van der Waals surface area contributed by atoms with Crippen molar-refractivity contribution in [2.75, 3.05) is 11.4 Å². The Morgan fingerprint density at radius 2 is 1.88 bits per heavy atom. The summed E-state index contributed by atoms with van der Waals surface area (Å²) in [6.45, 7) is 11.1. The second kappa shape index (κ2) is 7.29. The molecule has 1 aliphatic rings. The van der Waals surface area contributed by atoms with E-state index in [-0.39, 0.29) is 11.1 Å². The van der Waals surface area contributed by atoms with Crippen molar-refractivity contribution in [3.63, 3.8) is 0 Å². The summed E-state index contributed by atoms with van der Waals surface area (Å²) in [5.74, 6) is 0.670. The second-order valence-corrected chi connectivity index (χ2v) is 9.69. The van der Waals surface area contributed by atoms with Gasteiger partial charge < -0.3 is 9.88 Å². The summed E-state index contributed by atoms with van der Waals surface area (Å²) >= 11 is 0. The van der Waals surface area contributed by atoms with E-state index < -0.39 is 6.04 Å². The number of tetrazole rings is 1. The maximum atomic E-state index is 13.5. The minimum Gasteiger partial charge on any atom is -0.357 e. The molecule has 0 bridgehead atoms. The van der Waals surface area contributed by atoms with Gasteiger partial charge in [-0.3, -0.25) is 4.79 Å². The smallest absolute Gasteiger partial charge is 0.254 e. The molecule has 0 radical (unpaired) electrons. The molecule has 1 unspecified atom stereocenters. The van der Waals surface area contributed by atoms with Gasteiger partial charge in [0.15, 0.2) is 5.82 Å². The largest absolute Gasteiger partial charge is 0.357 e. The number of anilines is 1. The van der Waals surface area contributed by atoms with Gasteiger partial charge in [-0.2, -0.15) is 0 Å². The number of pyridine rings is 1. The summed E-state index contributed by atoms with van der Waals surface area (Å²) in [5.41, 5.74) is 5.72. The Morgan fingerprint density at radius 3 is 2.66 bits per heavy atom. The van der Waals surface area contributed by atoms with Crippen molar-refractivity contribution >= 4 is 16.6 Å². The number of rotatable bonds is 3. The average molecular weight is 429 g/mol. The standard InChI is InChI=1S/C25H28N6O/c1-15-12-16(2)21-18(13-15)14-19(24(32)26-21)22(23-27-28-29-31(23)25(3,4)5)30-11-10-17-8-6-7-9-20(17)30/h6-9,12-14,22H,10-11H2,1-5H3,(H,26,32). The predicted molar refractivity (Wildman–Crippen MR) is 126 cm³/mol. The molecule has 7 nitrogen and oxygen atoms in total. The number of H-pyrrole nitrogens is 1. The molecular weight excluding hydrogens is 400 g/mol. The molecule has 0 saturated heterocycles. The Balaban J connectivity index is 1.78. The molecule has 32 heavy (non-hydrogen) atoms. The first kappa shape index (κ1) is 20.4. The molecule has 0 aliphatic carbocycles. The van der Waals surface area contributed by atoms with E-state index in [1.54, 1.807) is 0 Å². The van der Waals surface area contributed by atoms with Gasteiger partial charge in [0.2, 0.25) is 0 Å². The van der Waals surface area contributed by atoms with Crippen LogP contribution in [0.2, 0.25) is 0 Å². The Morgan fingerprint density at radius 1 is 1.09 bits per heavy atom. The number of nitrogens with zero attached hydrogens (tertiary/aromatic N) is 5. The van der Waals surface area contributed by atoms with Crippen LogP contribution in [0.5, 0.6) is 0 Å². The van der Waals surface area contributed by atoms with Crippen LogP contribution in [0.25, 0.3) is 10.9 Å². The highest BCUT2D eigenvalue weighted by Crippen LogP contribution is 2.38. The first-order valence-electron chi connectivity index (χ1n) is 11.0. The van der Waals surface area contributed by atoms with Gasteiger partial charge in [-0.05, 0) is 86.2 Å². The molecule has 4 aromatic rings. The summed E-state index contributed by atoms with van der Waals surface area (Å²) in [5, 5.41) is 13.8. The fourth-order valence-electron chi connectivity index (χ4n) is 4.83. The fourth-order valence-corrected chi connectivity index (χ4v) is 4.83. The van der Waals surface area contributed by atoms with E-state index in [4.69, 9.17) is 0 Å². The SMILES string of the molecule is Cc1cc(C)c2[nH]c(=O)c(C(c3nnnn3C(C)(C)C)N3CCc4ccccc43)cc2c1. The quantitative estimate of drug-likeness (QED) is 0.533. The normalized spacial score (nSPS) is 14.7. The maximum Gasteiger partial charge on any atom is 0.254 e. The topological polar surface area (TPSA) is 79.7 Å². The van der Waals surface area contributed by atoms with E-state index in [1.165, 1.54) is 5.56 Å². The predicted octanol–water partition coefficient (Wildman–Crippen LogP) is 4.04. The third-order valence-electron chi connectivity index (χ3n) is 6.23. The fraction of sp³-hybridized carbons (Fsp3) is 0.360. The molecule has 2 aromatic heterocycles. The van der Waals surface area contributed by atoms with Crippen LogP contribution in [-0.2, 0) is 12.0 Å². The lowest BCUT2D eigenvalue weighted by Crippen LogP contribution is -2.37.